The molecule has 0 saturated carbocycles. The summed E-state index contributed by atoms with van der Waals surface area (Å²) in [5, 5.41) is 12.1. The molecule has 0 atom stereocenters. The van der Waals surface area contributed by atoms with Crippen molar-refractivity contribution < 1.29 is 18.3 Å². The Morgan fingerprint density at radius 1 is 1.32 bits per heavy atom. The van der Waals surface area contributed by atoms with Crippen LogP contribution >= 0.6 is 11.3 Å². The van der Waals surface area contributed by atoms with Gasteiger partial charge in [-0.2, -0.15) is 11.3 Å². The molecule has 0 unspecified atom stereocenters. The highest BCUT2D eigenvalue weighted by Gasteiger charge is 2.16. The van der Waals surface area contributed by atoms with E-state index in [0.717, 1.165) is 0 Å². The second-order valence-electron chi connectivity index (χ2n) is 3.90. The molecule has 1 heterocycles. The largest absolute Gasteiger partial charge is 0.478 e. The number of carbonyl (C=O) groups is 1. The quantitative estimate of drug-likeness (QED) is 0.908. The Morgan fingerprint density at radius 2 is 2.05 bits per heavy atom. The first-order chi connectivity index (χ1) is 8.90. The molecule has 2 aromatic rings. The van der Waals surface area contributed by atoms with E-state index in [0.29, 0.717) is 11.3 Å². The molecule has 0 aliphatic carbocycles. The zero-order valence-corrected chi connectivity index (χ0v) is 11.6. The van der Waals surface area contributed by atoms with Crippen LogP contribution in [-0.4, -0.2) is 19.5 Å². The van der Waals surface area contributed by atoms with E-state index in [-0.39, 0.29) is 10.5 Å². The van der Waals surface area contributed by atoms with Gasteiger partial charge in [-0.1, -0.05) is 0 Å². The maximum Gasteiger partial charge on any atom is 0.335 e. The van der Waals surface area contributed by atoms with Gasteiger partial charge < -0.3 is 5.11 Å². The van der Waals surface area contributed by atoms with E-state index < -0.39 is 16.0 Å². The number of aromatic carboxylic acids is 1. The van der Waals surface area contributed by atoms with Gasteiger partial charge in [-0.25, -0.2) is 13.2 Å². The van der Waals surface area contributed by atoms with E-state index in [4.69, 9.17) is 5.11 Å². The Balaban J connectivity index is 2.32. The lowest BCUT2D eigenvalue weighted by Crippen LogP contribution is -2.13. The van der Waals surface area contributed by atoms with Gasteiger partial charge >= 0.3 is 5.97 Å². The van der Waals surface area contributed by atoms with Gasteiger partial charge in [-0.15, -0.1) is 0 Å². The first kappa shape index (κ1) is 13.6. The lowest BCUT2D eigenvalue weighted by atomic mass is 10.1. The molecule has 0 amide bonds. The molecule has 100 valence electrons. The molecule has 0 saturated heterocycles. The van der Waals surface area contributed by atoms with Crippen LogP contribution in [0.25, 0.3) is 0 Å². The number of anilines is 1. The van der Waals surface area contributed by atoms with Crippen LogP contribution in [-0.2, 0) is 10.0 Å². The van der Waals surface area contributed by atoms with Crippen LogP contribution in [0.1, 0.15) is 15.9 Å². The summed E-state index contributed by atoms with van der Waals surface area (Å²) in [5.41, 5.74) is 1.05. The fraction of sp³-hybridized carbons (Fsp3) is 0.0833. The summed E-state index contributed by atoms with van der Waals surface area (Å²) in [6, 6.07) is 5.74. The minimum Gasteiger partial charge on any atom is -0.478 e. The van der Waals surface area contributed by atoms with Crippen LogP contribution in [0.5, 0.6) is 0 Å². The molecule has 0 spiro atoms. The summed E-state index contributed by atoms with van der Waals surface area (Å²) >= 11 is 1.29. The van der Waals surface area contributed by atoms with Crippen molar-refractivity contribution in [2.45, 2.75) is 11.8 Å². The summed E-state index contributed by atoms with van der Waals surface area (Å²) in [4.78, 5) is 11.0. The number of rotatable bonds is 4. The highest BCUT2D eigenvalue weighted by atomic mass is 32.2. The van der Waals surface area contributed by atoms with Gasteiger partial charge in [0.2, 0.25) is 0 Å². The first-order valence-electron chi connectivity index (χ1n) is 5.29. The zero-order chi connectivity index (χ0) is 14.0. The topological polar surface area (TPSA) is 83.5 Å². The normalized spacial score (nSPS) is 11.2. The predicted molar refractivity (Wildman–Crippen MR) is 73.3 cm³/mol. The monoisotopic (exact) mass is 297 g/mol. The molecule has 2 rings (SSSR count). The van der Waals surface area contributed by atoms with Crippen molar-refractivity contribution in [2.24, 2.45) is 0 Å². The zero-order valence-electron chi connectivity index (χ0n) is 9.95. The van der Waals surface area contributed by atoms with Crippen molar-refractivity contribution in [1.82, 2.24) is 0 Å². The molecule has 0 aliphatic heterocycles. The highest BCUT2D eigenvalue weighted by molar-refractivity contribution is 7.92. The van der Waals surface area contributed by atoms with E-state index in [9.17, 15) is 13.2 Å². The van der Waals surface area contributed by atoms with Gasteiger partial charge in [0.15, 0.2) is 0 Å². The number of benzene rings is 1. The molecule has 5 nitrogen and oxygen atoms in total. The van der Waals surface area contributed by atoms with Crippen molar-refractivity contribution >= 4 is 33.0 Å². The van der Waals surface area contributed by atoms with Crippen LogP contribution in [0, 0.1) is 6.92 Å². The second kappa shape index (κ2) is 5.02. The Bertz CT molecular complexity index is 705. The maximum absolute atomic E-state index is 12.0. The molecule has 0 fully saturated rings. The fourth-order valence-corrected chi connectivity index (χ4v) is 3.68. The predicted octanol–water partition coefficient (Wildman–Crippen LogP) is 2.56. The molecular formula is C12H11NO4S2. The third kappa shape index (κ3) is 2.94. The van der Waals surface area contributed by atoms with Gasteiger partial charge in [-0.05, 0) is 42.1 Å². The van der Waals surface area contributed by atoms with Gasteiger partial charge in [0.1, 0.15) is 0 Å². The summed E-state index contributed by atoms with van der Waals surface area (Å²) < 4.78 is 26.5. The highest BCUT2D eigenvalue weighted by Crippen LogP contribution is 2.22. The van der Waals surface area contributed by atoms with E-state index in [1.165, 1.54) is 41.0 Å². The molecule has 0 bridgehead atoms. The lowest BCUT2D eigenvalue weighted by Gasteiger charge is -2.10. The summed E-state index contributed by atoms with van der Waals surface area (Å²) in [7, 11) is -3.61. The molecule has 2 N–H and O–H groups in total. The lowest BCUT2D eigenvalue weighted by molar-refractivity contribution is 0.0697. The number of thiophene rings is 1. The number of hydrogen-bond donors (Lipinski definition) is 2. The van der Waals surface area contributed by atoms with E-state index >= 15 is 0 Å². The van der Waals surface area contributed by atoms with Gasteiger partial charge in [0, 0.05) is 5.38 Å². The third-order valence-corrected chi connectivity index (χ3v) is 4.72. The van der Waals surface area contributed by atoms with Crippen molar-refractivity contribution in [2.75, 3.05) is 4.72 Å². The van der Waals surface area contributed by atoms with Crippen molar-refractivity contribution in [3.05, 3.63) is 46.2 Å². The molecule has 1 aromatic carbocycles. The number of aryl methyl sites for hydroxylation is 1. The first-order valence-corrected chi connectivity index (χ1v) is 7.72. The van der Waals surface area contributed by atoms with Crippen LogP contribution < -0.4 is 4.72 Å². The molecule has 19 heavy (non-hydrogen) atoms. The van der Waals surface area contributed by atoms with Gasteiger partial charge in [0.25, 0.3) is 10.0 Å². The van der Waals surface area contributed by atoms with E-state index in [1.807, 2.05) is 0 Å². The fourth-order valence-electron chi connectivity index (χ4n) is 1.52. The number of hydrogen-bond acceptors (Lipinski definition) is 4. The summed E-state index contributed by atoms with van der Waals surface area (Å²) in [6.07, 6.45) is 0. The molecule has 1 aromatic heterocycles. The average molecular weight is 297 g/mol. The van der Waals surface area contributed by atoms with Crippen molar-refractivity contribution in [3.8, 4) is 0 Å². The SMILES string of the molecule is Cc1cc(C(=O)O)ccc1NS(=O)(=O)c1ccsc1. The molecule has 0 radical (unpaired) electrons. The number of sulfonamides is 1. The smallest absolute Gasteiger partial charge is 0.335 e. The van der Waals surface area contributed by atoms with Crippen LogP contribution in [0.3, 0.4) is 0 Å². The van der Waals surface area contributed by atoms with E-state index in [1.54, 1.807) is 12.3 Å². The number of carboxylic acid groups (broad SMARTS) is 1. The molecule has 0 aliphatic rings. The summed E-state index contributed by atoms with van der Waals surface area (Å²) in [6.45, 7) is 1.65. The average Bonchev–Trinajstić information content (AvgIpc) is 2.85. The second-order valence-corrected chi connectivity index (χ2v) is 6.36. The van der Waals surface area contributed by atoms with Crippen LogP contribution in [0.4, 0.5) is 5.69 Å². The van der Waals surface area contributed by atoms with Crippen LogP contribution in [0.15, 0.2) is 39.9 Å². The maximum atomic E-state index is 12.0. The summed E-state index contributed by atoms with van der Waals surface area (Å²) in [5.74, 6) is -1.05. The standard InChI is InChI=1S/C12H11NO4S2/c1-8-6-9(12(14)15)2-3-11(8)13-19(16,17)10-4-5-18-7-10/h2-7,13H,1H3,(H,14,15). The molecular weight excluding hydrogens is 286 g/mol. The van der Waals surface area contributed by atoms with E-state index in [2.05, 4.69) is 4.72 Å². The van der Waals surface area contributed by atoms with Crippen molar-refractivity contribution in [3.63, 3.8) is 0 Å². The molecule has 7 heteroatoms. The van der Waals surface area contributed by atoms with Crippen molar-refractivity contribution in [1.29, 1.82) is 0 Å². The van der Waals surface area contributed by atoms with Crippen LogP contribution in [0.2, 0.25) is 0 Å². The minimum atomic E-state index is -3.61. The Labute approximate surface area is 114 Å². The number of nitrogens with one attached hydrogen (secondary N) is 1. The Morgan fingerprint density at radius 3 is 2.58 bits per heavy atom. The minimum absolute atomic E-state index is 0.121. The van der Waals surface area contributed by atoms with Gasteiger partial charge in [0.05, 0.1) is 16.1 Å². The third-order valence-electron chi connectivity index (χ3n) is 2.52. The Kier molecular flexibility index (Phi) is 3.59. The Hall–Kier alpha value is -1.86. The van der Waals surface area contributed by atoms with Gasteiger partial charge in [-0.3, -0.25) is 4.72 Å². The number of carboxylic acids is 1.